The van der Waals surface area contributed by atoms with Gasteiger partial charge >= 0.3 is 6.09 Å². The summed E-state index contributed by atoms with van der Waals surface area (Å²) in [4.78, 5) is 23.0. The first-order valence-corrected chi connectivity index (χ1v) is 6.03. The van der Waals surface area contributed by atoms with Crippen molar-refractivity contribution in [2.45, 2.75) is 32.9 Å². The fourth-order valence-corrected chi connectivity index (χ4v) is 1.35. The number of hydrogen-bond acceptors (Lipinski definition) is 3. The number of amides is 1. The Hall–Kier alpha value is -2.28. The Morgan fingerprint density at radius 1 is 1.32 bits per heavy atom. The van der Waals surface area contributed by atoms with Gasteiger partial charge in [-0.3, -0.25) is 4.79 Å². The molecular weight excluding hydrogens is 242 g/mol. The minimum absolute atomic E-state index is 0.133. The van der Waals surface area contributed by atoms with Gasteiger partial charge in [0.15, 0.2) is 5.78 Å². The van der Waals surface area contributed by atoms with Crippen LogP contribution in [0.2, 0.25) is 0 Å². The molecule has 0 bridgehead atoms. The number of Topliss-reactive ketones (excluding diaryl/α,β-unsaturated/α-hetero) is 1. The minimum Gasteiger partial charge on any atom is -0.445 e. The van der Waals surface area contributed by atoms with Crippen molar-refractivity contribution >= 4 is 11.9 Å². The zero-order valence-electron chi connectivity index (χ0n) is 11.1. The van der Waals surface area contributed by atoms with Crippen LogP contribution in [0.15, 0.2) is 30.3 Å². The second-order valence-corrected chi connectivity index (χ2v) is 4.00. The second-order valence-electron chi connectivity index (χ2n) is 4.00. The molecule has 1 aromatic carbocycles. The number of ketones is 1. The summed E-state index contributed by atoms with van der Waals surface area (Å²) in [6, 6.07) is 8.75. The molecule has 0 saturated heterocycles. The normalized spacial score (nSPS) is 10.8. The zero-order valence-corrected chi connectivity index (χ0v) is 11.1. The topological polar surface area (TPSA) is 55.4 Å². The van der Waals surface area contributed by atoms with E-state index in [0.29, 0.717) is 0 Å². The molecule has 19 heavy (non-hydrogen) atoms. The standard InChI is InChI=1S/C15H17NO3/c1-3-4-10-14(17)12(2)16-15(18)19-11-13-8-6-5-7-9-13/h5-9,12H,10-11H2,1-2H3,(H,16,18). The molecule has 0 aliphatic carbocycles. The number of alkyl carbamates (subject to hydrolysis) is 1. The molecule has 0 saturated carbocycles. The number of carbonyl (C=O) groups is 2. The van der Waals surface area contributed by atoms with Crippen LogP contribution < -0.4 is 5.32 Å². The summed E-state index contributed by atoms with van der Waals surface area (Å²) in [5.74, 6) is 5.17. The van der Waals surface area contributed by atoms with Gasteiger partial charge in [0.05, 0.1) is 12.5 Å². The van der Waals surface area contributed by atoms with Crippen molar-refractivity contribution in [2.24, 2.45) is 0 Å². The molecule has 0 aliphatic heterocycles. The molecule has 1 atom stereocenters. The lowest BCUT2D eigenvalue weighted by Crippen LogP contribution is -2.38. The Balaban J connectivity index is 2.34. The summed E-state index contributed by atoms with van der Waals surface area (Å²) in [5, 5.41) is 2.48. The van der Waals surface area contributed by atoms with Crippen molar-refractivity contribution in [1.29, 1.82) is 0 Å². The largest absolute Gasteiger partial charge is 0.445 e. The molecular formula is C15H17NO3. The highest BCUT2D eigenvalue weighted by atomic mass is 16.5. The first-order chi connectivity index (χ1) is 9.13. The van der Waals surface area contributed by atoms with E-state index in [9.17, 15) is 9.59 Å². The van der Waals surface area contributed by atoms with Gasteiger partial charge in [-0.1, -0.05) is 36.3 Å². The number of benzene rings is 1. The molecule has 1 aromatic rings. The van der Waals surface area contributed by atoms with Crippen LogP contribution in [0.4, 0.5) is 4.79 Å². The monoisotopic (exact) mass is 259 g/mol. The first kappa shape index (κ1) is 14.8. The van der Waals surface area contributed by atoms with Gasteiger partial charge in [0.25, 0.3) is 0 Å². The summed E-state index contributed by atoms with van der Waals surface area (Å²) in [5.41, 5.74) is 0.897. The van der Waals surface area contributed by atoms with Crippen LogP contribution in [0.3, 0.4) is 0 Å². The predicted molar refractivity (Wildman–Crippen MR) is 72.3 cm³/mol. The van der Waals surface area contributed by atoms with E-state index in [4.69, 9.17) is 4.74 Å². The van der Waals surface area contributed by atoms with Crippen LogP contribution >= 0.6 is 0 Å². The van der Waals surface area contributed by atoms with Crippen molar-refractivity contribution in [2.75, 3.05) is 0 Å². The third-order valence-electron chi connectivity index (χ3n) is 2.47. The molecule has 4 nitrogen and oxygen atoms in total. The Morgan fingerprint density at radius 3 is 2.63 bits per heavy atom. The summed E-state index contributed by atoms with van der Waals surface area (Å²) < 4.78 is 5.02. The molecule has 1 N–H and O–H groups in total. The molecule has 0 aromatic heterocycles. The number of hydrogen-bond donors (Lipinski definition) is 1. The first-order valence-electron chi connectivity index (χ1n) is 6.03. The average molecular weight is 259 g/mol. The van der Waals surface area contributed by atoms with Crippen molar-refractivity contribution in [3.63, 3.8) is 0 Å². The highest BCUT2D eigenvalue weighted by Crippen LogP contribution is 2.01. The summed E-state index contributed by atoms with van der Waals surface area (Å²) in [6.45, 7) is 3.46. The van der Waals surface area contributed by atoms with Crippen LogP contribution in [0.5, 0.6) is 0 Å². The van der Waals surface area contributed by atoms with E-state index >= 15 is 0 Å². The van der Waals surface area contributed by atoms with Gasteiger partial charge in [0.2, 0.25) is 0 Å². The quantitative estimate of drug-likeness (QED) is 0.825. The third kappa shape index (κ3) is 5.73. The Morgan fingerprint density at radius 2 is 2.00 bits per heavy atom. The van der Waals surface area contributed by atoms with E-state index < -0.39 is 12.1 Å². The van der Waals surface area contributed by atoms with Crippen LogP contribution in [-0.4, -0.2) is 17.9 Å². The van der Waals surface area contributed by atoms with E-state index in [0.717, 1.165) is 5.56 Å². The number of nitrogens with one attached hydrogen (secondary N) is 1. The number of rotatable bonds is 5. The lowest BCUT2D eigenvalue weighted by molar-refractivity contribution is -0.119. The maximum absolute atomic E-state index is 11.5. The van der Waals surface area contributed by atoms with Gasteiger partial charge in [-0.2, -0.15) is 0 Å². The second kappa shape index (κ2) is 7.93. The van der Waals surface area contributed by atoms with Crippen molar-refractivity contribution in [3.8, 4) is 11.8 Å². The van der Waals surface area contributed by atoms with Crippen LogP contribution in [0.25, 0.3) is 0 Å². The van der Waals surface area contributed by atoms with Crippen molar-refractivity contribution in [1.82, 2.24) is 5.32 Å². The fourth-order valence-electron chi connectivity index (χ4n) is 1.35. The molecule has 0 radical (unpaired) electrons. The Labute approximate surface area is 113 Å². The van der Waals surface area contributed by atoms with Gasteiger partial charge in [0, 0.05) is 0 Å². The lowest BCUT2D eigenvalue weighted by atomic mass is 10.1. The van der Waals surface area contributed by atoms with Crippen molar-refractivity contribution in [3.05, 3.63) is 35.9 Å². The van der Waals surface area contributed by atoms with Gasteiger partial charge in [-0.05, 0) is 19.4 Å². The molecule has 0 spiro atoms. The van der Waals surface area contributed by atoms with Crippen molar-refractivity contribution < 1.29 is 14.3 Å². The highest BCUT2D eigenvalue weighted by Gasteiger charge is 2.15. The molecule has 1 unspecified atom stereocenters. The van der Waals surface area contributed by atoms with E-state index in [-0.39, 0.29) is 18.8 Å². The molecule has 100 valence electrons. The van der Waals surface area contributed by atoms with Gasteiger partial charge in [-0.25, -0.2) is 4.79 Å². The smallest absolute Gasteiger partial charge is 0.408 e. The molecule has 1 amide bonds. The molecule has 0 heterocycles. The molecule has 1 rings (SSSR count). The van der Waals surface area contributed by atoms with Crippen LogP contribution in [0.1, 0.15) is 25.8 Å². The summed E-state index contributed by atoms with van der Waals surface area (Å²) in [7, 11) is 0. The molecule has 0 fully saturated rings. The van der Waals surface area contributed by atoms with E-state index in [1.165, 1.54) is 0 Å². The van der Waals surface area contributed by atoms with Gasteiger partial charge in [0.1, 0.15) is 6.61 Å². The Kier molecular flexibility index (Phi) is 6.17. The average Bonchev–Trinajstić information content (AvgIpc) is 2.43. The number of ether oxygens (including phenoxy) is 1. The fraction of sp³-hybridized carbons (Fsp3) is 0.333. The van der Waals surface area contributed by atoms with E-state index in [1.54, 1.807) is 13.8 Å². The van der Waals surface area contributed by atoms with Gasteiger partial charge < -0.3 is 10.1 Å². The van der Waals surface area contributed by atoms with Crippen LogP contribution in [0, 0.1) is 11.8 Å². The summed E-state index contributed by atoms with van der Waals surface area (Å²) in [6.07, 6.45) is -0.467. The number of carbonyl (C=O) groups excluding carboxylic acids is 2. The third-order valence-corrected chi connectivity index (χ3v) is 2.47. The maximum Gasteiger partial charge on any atom is 0.408 e. The maximum atomic E-state index is 11.5. The SMILES string of the molecule is CC#CCC(=O)C(C)NC(=O)OCc1ccccc1. The van der Waals surface area contributed by atoms with E-state index in [1.807, 2.05) is 30.3 Å². The Bertz CT molecular complexity index is 485. The lowest BCUT2D eigenvalue weighted by Gasteiger charge is -2.11. The zero-order chi connectivity index (χ0) is 14.1. The van der Waals surface area contributed by atoms with Gasteiger partial charge in [-0.15, -0.1) is 5.92 Å². The van der Waals surface area contributed by atoms with Crippen LogP contribution in [-0.2, 0) is 16.1 Å². The van der Waals surface area contributed by atoms with E-state index in [2.05, 4.69) is 17.2 Å². The predicted octanol–water partition coefficient (Wildman–Crippen LogP) is 2.28. The highest BCUT2D eigenvalue weighted by molar-refractivity contribution is 5.88. The summed E-state index contributed by atoms with van der Waals surface area (Å²) >= 11 is 0. The minimum atomic E-state index is -0.603. The molecule has 4 heteroatoms. The molecule has 0 aliphatic rings.